The second-order valence-corrected chi connectivity index (χ2v) is 7.85. The maximum absolute atomic E-state index is 2.52. The van der Waals surface area contributed by atoms with Crippen LogP contribution in [0.4, 0.5) is 11.4 Å². The summed E-state index contributed by atoms with van der Waals surface area (Å²) in [6.45, 7) is 8.02. The molecule has 0 saturated carbocycles. The number of hydrogen-bond acceptors (Lipinski definition) is 1. The lowest BCUT2D eigenvalue weighted by atomic mass is 9.81. The van der Waals surface area contributed by atoms with E-state index in [1.807, 2.05) is 0 Å². The summed E-state index contributed by atoms with van der Waals surface area (Å²) in [6, 6.07) is 17.6. The third kappa shape index (κ3) is 3.46. The summed E-state index contributed by atoms with van der Waals surface area (Å²) in [5.74, 6) is 0. The average molecular weight is 348 g/mol. The average Bonchev–Trinajstić information content (AvgIpc) is 2.85. The second-order valence-electron chi connectivity index (χ2n) is 7.85. The van der Waals surface area contributed by atoms with Gasteiger partial charge >= 0.3 is 0 Å². The molecule has 0 atom stereocenters. The van der Waals surface area contributed by atoms with Crippen molar-refractivity contribution >= 4 is 23.2 Å². The molecule has 2 aromatic carbocycles. The summed E-state index contributed by atoms with van der Waals surface area (Å²) in [5.41, 5.74) is 6.69. The zero-order chi connectivity index (χ0) is 18.7. The Kier molecular flexibility index (Phi) is 5.31. The number of unbranched alkanes of at least 4 members (excludes halogenated alkanes) is 1. The quantitative estimate of drug-likeness (QED) is 0.613. The van der Waals surface area contributed by atoms with Gasteiger partial charge in [-0.15, -0.1) is 0 Å². The number of fused-ring (bicyclic) bond motifs is 1. The van der Waals surface area contributed by atoms with Gasteiger partial charge in [-0.2, -0.15) is 4.58 Å². The van der Waals surface area contributed by atoms with Crippen molar-refractivity contribution in [2.75, 3.05) is 25.5 Å². The van der Waals surface area contributed by atoms with Crippen molar-refractivity contribution in [2.45, 2.75) is 39.0 Å². The van der Waals surface area contributed by atoms with Gasteiger partial charge in [-0.3, -0.25) is 0 Å². The van der Waals surface area contributed by atoms with Crippen LogP contribution in [0.5, 0.6) is 0 Å². The number of nitrogens with zero attached hydrogens (tertiary/aromatic N) is 2. The molecule has 0 spiro atoms. The molecule has 0 radical (unpaired) electrons. The molecule has 0 unspecified atom stereocenters. The van der Waals surface area contributed by atoms with Crippen molar-refractivity contribution in [3.05, 3.63) is 65.7 Å². The van der Waals surface area contributed by atoms with E-state index < -0.39 is 0 Å². The van der Waals surface area contributed by atoms with Crippen LogP contribution in [-0.2, 0) is 5.41 Å². The van der Waals surface area contributed by atoms with Gasteiger partial charge in [0, 0.05) is 43.9 Å². The summed E-state index contributed by atoms with van der Waals surface area (Å²) in [7, 11) is 4.15. The summed E-state index contributed by atoms with van der Waals surface area (Å²) in [5, 5.41) is 0. The van der Waals surface area contributed by atoms with Gasteiger partial charge in [0.1, 0.15) is 6.54 Å². The lowest BCUT2D eigenvalue weighted by molar-refractivity contribution is -0.438. The third-order valence-electron chi connectivity index (χ3n) is 5.38. The number of para-hydroxylation sites is 1. The normalized spacial score (nSPS) is 15.6. The van der Waals surface area contributed by atoms with Gasteiger partial charge in [-0.1, -0.05) is 43.7 Å². The minimum atomic E-state index is 0.0322. The fourth-order valence-electron chi connectivity index (χ4n) is 3.76. The first-order valence-corrected chi connectivity index (χ1v) is 9.65. The van der Waals surface area contributed by atoms with Gasteiger partial charge in [-0.25, -0.2) is 0 Å². The zero-order valence-electron chi connectivity index (χ0n) is 16.8. The highest BCUT2D eigenvalue weighted by Gasteiger charge is 2.43. The minimum Gasteiger partial charge on any atom is -0.378 e. The van der Waals surface area contributed by atoms with E-state index in [1.54, 1.807) is 0 Å². The van der Waals surface area contributed by atoms with Crippen LogP contribution in [0.3, 0.4) is 0 Å². The van der Waals surface area contributed by atoms with Crippen LogP contribution in [0, 0.1) is 0 Å². The van der Waals surface area contributed by atoms with Crippen LogP contribution in [-0.4, -0.2) is 30.9 Å². The molecule has 2 aromatic rings. The van der Waals surface area contributed by atoms with Gasteiger partial charge in [-0.05, 0) is 37.6 Å². The first-order chi connectivity index (χ1) is 12.4. The van der Waals surface area contributed by atoms with Crippen molar-refractivity contribution < 1.29 is 4.58 Å². The molecule has 2 nitrogen and oxygen atoms in total. The van der Waals surface area contributed by atoms with Crippen molar-refractivity contribution in [1.82, 2.24) is 0 Å². The van der Waals surface area contributed by atoms with Gasteiger partial charge in [0.15, 0.2) is 5.71 Å². The Bertz CT molecular complexity index is 824. The third-order valence-corrected chi connectivity index (χ3v) is 5.38. The van der Waals surface area contributed by atoms with E-state index in [9.17, 15) is 0 Å². The molecule has 2 heteroatoms. The smallest absolute Gasteiger partial charge is 0.209 e. The predicted molar refractivity (Wildman–Crippen MR) is 114 cm³/mol. The first kappa shape index (κ1) is 18.4. The first-order valence-electron chi connectivity index (χ1n) is 9.65. The molecule has 1 heterocycles. The van der Waals surface area contributed by atoms with E-state index in [0.29, 0.717) is 0 Å². The molecule has 0 aromatic heterocycles. The molecular weight excluding hydrogens is 316 g/mol. The minimum absolute atomic E-state index is 0.0322. The van der Waals surface area contributed by atoms with Gasteiger partial charge in [0.05, 0.1) is 5.41 Å². The monoisotopic (exact) mass is 347 g/mol. The fourth-order valence-corrected chi connectivity index (χ4v) is 3.76. The summed E-state index contributed by atoms with van der Waals surface area (Å²) >= 11 is 0. The van der Waals surface area contributed by atoms with Crippen LogP contribution >= 0.6 is 0 Å². The van der Waals surface area contributed by atoms with Crippen molar-refractivity contribution in [3.8, 4) is 0 Å². The Morgan fingerprint density at radius 3 is 2.31 bits per heavy atom. The Morgan fingerprint density at radius 1 is 0.962 bits per heavy atom. The molecular formula is C24H31N2+. The van der Waals surface area contributed by atoms with Crippen LogP contribution in [0.1, 0.15) is 44.7 Å². The predicted octanol–water partition coefficient (Wildman–Crippen LogP) is 5.64. The molecule has 0 N–H and O–H groups in total. The molecule has 0 aliphatic carbocycles. The van der Waals surface area contributed by atoms with Gasteiger partial charge in [0.2, 0.25) is 5.69 Å². The highest BCUT2D eigenvalue weighted by atomic mass is 15.1. The molecule has 0 fully saturated rings. The largest absolute Gasteiger partial charge is 0.378 e. The molecule has 1 aliphatic heterocycles. The second kappa shape index (κ2) is 7.49. The number of anilines is 1. The summed E-state index contributed by atoms with van der Waals surface area (Å²) in [4.78, 5) is 2.13. The highest BCUT2D eigenvalue weighted by molar-refractivity contribution is 6.05. The lowest BCUT2D eigenvalue weighted by Crippen LogP contribution is -2.27. The van der Waals surface area contributed by atoms with Gasteiger partial charge in [0.25, 0.3) is 0 Å². The van der Waals surface area contributed by atoms with E-state index in [1.165, 1.54) is 41.1 Å². The molecule has 0 bridgehead atoms. The standard InChI is InChI=1S/C24H31N2/c1-6-7-18-26-22-11-9-8-10-21(22)24(2,3)23(26)17-14-19-12-15-20(16-13-19)25(4)5/h8-17H,6-7,18H2,1-5H3/q+1. The Hall–Kier alpha value is -2.35. The maximum Gasteiger partial charge on any atom is 0.209 e. The SMILES string of the molecule is CCCC[N+]1=C(C=Cc2ccc(N(C)C)cc2)C(C)(C)c2ccccc21. The number of hydrogen-bond donors (Lipinski definition) is 0. The maximum atomic E-state index is 2.52. The Labute approximate surface area is 158 Å². The van der Waals surface area contributed by atoms with Crippen molar-refractivity contribution in [2.24, 2.45) is 0 Å². The fraction of sp³-hybridized carbons (Fsp3) is 0.375. The van der Waals surface area contributed by atoms with Crippen LogP contribution in [0.25, 0.3) is 6.08 Å². The van der Waals surface area contributed by atoms with E-state index in [4.69, 9.17) is 0 Å². The molecule has 136 valence electrons. The number of benzene rings is 2. The van der Waals surface area contributed by atoms with E-state index >= 15 is 0 Å². The van der Waals surface area contributed by atoms with Crippen LogP contribution in [0.2, 0.25) is 0 Å². The summed E-state index contributed by atoms with van der Waals surface area (Å²) in [6.07, 6.45) is 6.99. The molecule has 0 saturated heterocycles. The zero-order valence-corrected chi connectivity index (χ0v) is 16.8. The molecule has 0 amide bonds. The van der Waals surface area contributed by atoms with Crippen LogP contribution < -0.4 is 4.90 Å². The topological polar surface area (TPSA) is 6.25 Å². The summed E-state index contributed by atoms with van der Waals surface area (Å²) < 4.78 is 2.52. The molecule has 3 rings (SSSR count). The van der Waals surface area contributed by atoms with Gasteiger partial charge < -0.3 is 4.90 Å². The number of allylic oxidation sites excluding steroid dienone is 1. The Balaban J connectivity index is 1.97. The van der Waals surface area contributed by atoms with Crippen molar-refractivity contribution in [1.29, 1.82) is 0 Å². The van der Waals surface area contributed by atoms with E-state index in [0.717, 1.165) is 6.54 Å². The highest BCUT2D eigenvalue weighted by Crippen LogP contribution is 2.40. The van der Waals surface area contributed by atoms with E-state index in [2.05, 4.69) is 105 Å². The molecule has 26 heavy (non-hydrogen) atoms. The van der Waals surface area contributed by atoms with Crippen molar-refractivity contribution in [3.63, 3.8) is 0 Å². The molecule has 1 aliphatic rings. The van der Waals surface area contributed by atoms with E-state index in [-0.39, 0.29) is 5.41 Å². The lowest BCUT2D eigenvalue weighted by Gasteiger charge is -2.15. The number of rotatable bonds is 6. The Morgan fingerprint density at radius 2 is 1.65 bits per heavy atom. The van der Waals surface area contributed by atoms with Crippen LogP contribution in [0.15, 0.2) is 54.6 Å².